The Labute approximate surface area is 175 Å². The number of carbonyl (C=O) groups is 1. The molecule has 166 valence electrons. The van der Waals surface area contributed by atoms with Gasteiger partial charge in [-0.05, 0) is 25.0 Å². The lowest BCUT2D eigenvalue weighted by Crippen LogP contribution is -2.50. The van der Waals surface area contributed by atoms with Crippen LogP contribution in [0.4, 0.5) is 8.78 Å². The van der Waals surface area contributed by atoms with E-state index in [0.717, 1.165) is 25.9 Å². The highest BCUT2D eigenvalue weighted by Crippen LogP contribution is 2.30. The number of benzene rings is 1. The van der Waals surface area contributed by atoms with Crippen LogP contribution in [0.1, 0.15) is 31.2 Å². The Bertz CT molecular complexity index is 748. The molecule has 1 aliphatic carbocycles. The monoisotopic (exact) mass is 425 g/mol. The van der Waals surface area contributed by atoms with Gasteiger partial charge in [-0.3, -0.25) is 20.0 Å². The van der Waals surface area contributed by atoms with E-state index in [9.17, 15) is 13.6 Å². The molecule has 1 heterocycles. The van der Waals surface area contributed by atoms with Crippen LogP contribution in [0.2, 0.25) is 0 Å². The molecule has 2 fully saturated rings. The van der Waals surface area contributed by atoms with Crippen molar-refractivity contribution in [1.82, 2.24) is 10.2 Å². The van der Waals surface area contributed by atoms with Crippen molar-refractivity contribution in [2.75, 3.05) is 53.2 Å². The second kappa shape index (κ2) is 10.8. The predicted octanol–water partition coefficient (Wildman–Crippen LogP) is 2.13. The highest BCUT2D eigenvalue weighted by Gasteiger charge is 2.41. The lowest BCUT2D eigenvalue weighted by molar-refractivity contribution is -0.148. The fourth-order valence-corrected chi connectivity index (χ4v) is 3.84. The minimum Gasteiger partial charge on any atom is -0.489 e. The number of carbonyl (C=O) groups excluding carboxylic acids is 1. The summed E-state index contributed by atoms with van der Waals surface area (Å²) in [4.78, 5) is 18.3. The predicted molar refractivity (Wildman–Crippen MR) is 108 cm³/mol. The fraction of sp³-hybridized carbons (Fsp3) is 0.619. The minimum absolute atomic E-state index is 0.0216. The number of hydrogen-bond donors (Lipinski definition) is 1. The molecule has 3 rings (SSSR count). The number of methoxy groups -OCH3 is 1. The SMILES string of the molecule is COC(=O)C1(NCN=Cc2ccc(OCCN3CCOCC3)c(F)c2F)CCCC1. The molecule has 0 aromatic heterocycles. The van der Waals surface area contributed by atoms with Gasteiger partial charge in [0.2, 0.25) is 5.82 Å². The van der Waals surface area contributed by atoms with Crippen molar-refractivity contribution >= 4 is 12.2 Å². The zero-order valence-electron chi connectivity index (χ0n) is 17.3. The van der Waals surface area contributed by atoms with E-state index in [-0.39, 0.29) is 30.6 Å². The average molecular weight is 425 g/mol. The maximum Gasteiger partial charge on any atom is 0.326 e. The summed E-state index contributed by atoms with van der Waals surface area (Å²) >= 11 is 0. The molecule has 1 saturated carbocycles. The molecule has 1 aromatic rings. The van der Waals surface area contributed by atoms with E-state index >= 15 is 0 Å². The third kappa shape index (κ3) is 5.53. The molecule has 0 unspecified atom stereocenters. The Morgan fingerprint density at radius 3 is 2.70 bits per heavy atom. The molecule has 0 spiro atoms. The third-order valence-electron chi connectivity index (χ3n) is 5.62. The Morgan fingerprint density at radius 1 is 1.27 bits per heavy atom. The topological polar surface area (TPSA) is 72.4 Å². The number of nitrogens with one attached hydrogen (secondary N) is 1. The van der Waals surface area contributed by atoms with Crippen LogP contribution in [0.25, 0.3) is 0 Å². The van der Waals surface area contributed by atoms with Crippen LogP contribution < -0.4 is 10.1 Å². The fourth-order valence-electron chi connectivity index (χ4n) is 3.84. The van der Waals surface area contributed by atoms with E-state index in [1.54, 1.807) is 0 Å². The lowest BCUT2D eigenvalue weighted by Gasteiger charge is -2.26. The summed E-state index contributed by atoms with van der Waals surface area (Å²) in [6.07, 6.45) is 4.46. The highest BCUT2D eigenvalue weighted by atomic mass is 19.2. The van der Waals surface area contributed by atoms with Gasteiger partial charge in [-0.1, -0.05) is 12.8 Å². The maximum absolute atomic E-state index is 14.4. The zero-order valence-corrected chi connectivity index (χ0v) is 17.3. The van der Waals surface area contributed by atoms with Gasteiger partial charge in [-0.25, -0.2) is 4.39 Å². The third-order valence-corrected chi connectivity index (χ3v) is 5.62. The van der Waals surface area contributed by atoms with Crippen molar-refractivity contribution < 1.29 is 27.8 Å². The summed E-state index contributed by atoms with van der Waals surface area (Å²) in [6.45, 7) is 3.96. The van der Waals surface area contributed by atoms with Gasteiger partial charge in [-0.2, -0.15) is 4.39 Å². The normalized spacial score (nSPS) is 19.3. The van der Waals surface area contributed by atoms with Gasteiger partial charge >= 0.3 is 5.97 Å². The Hall–Kier alpha value is -2.10. The van der Waals surface area contributed by atoms with E-state index in [0.29, 0.717) is 32.6 Å². The average Bonchev–Trinajstić information content (AvgIpc) is 3.25. The second-order valence-corrected chi connectivity index (χ2v) is 7.51. The molecule has 0 bridgehead atoms. The van der Waals surface area contributed by atoms with Gasteiger partial charge in [0.05, 0.1) is 27.0 Å². The lowest BCUT2D eigenvalue weighted by atomic mass is 9.98. The second-order valence-electron chi connectivity index (χ2n) is 7.51. The van der Waals surface area contributed by atoms with Crippen LogP contribution in [0, 0.1) is 11.6 Å². The molecule has 1 N–H and O–H groups in total. The molecule has 1 aliphatic heterocycles. The van der Waals surface area contributed by atoms with Gasteiger partial charge in [-0.15, -0.1) is 0 Å². The van der Waals surface area contributed by atoms with E-state index < -0.39 is 17.2 Å². The molecule has 9 heteroatoms. The molecule has 7 nitrogen and oxygen atoms in total. The minimum atomic E-state index is -1.03. The molecule has 0 amide bonds. The first-order valence-corrected chi connectivity index (χ1v) is 10.3. The number of ether oxygens (including phenoxy) is 3. The van der Waals surface area contributed by atoms with Crippen molar-refractivity contribution in [3.8, 4) is 5.75 Å². The largest absolute Gasteiger partial charge is 0.489 e. The summed E-state index contributed by atoms with van der Waals surface area (Å²) in [5.74, 6) is -2.47. The number of hydrogen-bond acceptors (Lipinski definition) is 7. The molecular formula is C21H29F2N3O4. The first-order valence-electron chi connectivity index (χ1n) is 10.3. The summed E-state index contributed by atoms with van der Waals surface area (Å²) in [5.41, 5.74) is -0.720. The molecule has 0 radical (unpaired) electrons. The Kier molecular flexibility index (Phi) is 8.12. The summed E-state index contributed by atoms with van der Waals surface area (Å²) in [6, 6.07) is 2.83. The van der Waals surface area contributed by atoms with Crippen molar-refractivity contribution in [3.05, 3.63) is 29.3 Å². The number of aliphatic imine (C=N–C) groups is 1. The van der Waals surface area contributed by atoms with Gasteiger partial charge in [0.1, 0.15) is 12.1 Å². The molecule has 0 atom stereocenters. The van der Waals surface area contributed by atoms with E-state index in [2.05, 4.69) is 15.2 Å². The number of halogens is 2. The molecule has 30 heavy (non-hydrogen) atoms. The van der Waals surface area contributed by atoms with Crippen LogP contribution in [-0.4, -0.2) is 75.9 Å². The standard InChI is InChI=1S/C21H29F2N3O4/c1-28-20(27)21(6-2-3-7-21)25-15-24-14-16-4-5-17(19(23)18(16)22)30-13-10-26-8-11-29-12-9-26/h4-5,14,25H,2-3,6-13,15H2,1H3. The molecule has 1 saturated heterocycles. The summed E-state index contributed by atoms with van der Waals surface area (Å²) < 4.78 is 44.3. The van der Waals surface area contributed by atoms with E-state index in [4.69, 9.17) is 14.2 Å². The Morgan fingerprint density at radius 2 is 2.00 bits per heavy atom. The molecule has 1 aromatic carbocycles. The molecular weight excluding hydrogens is 396 g/mol. The smallest absolute Gasteiger partial charge is 0.326 e. The van der Waals surface area contributed by atoms with Crippen LogP contribution in [0.3, 0.4) is 0 Å². The van der Waals surface area contributed by atoms with Gasteiger partial charge < -0.3 is 14.2 Å². The zero-order chi connectivity index (χ0) is 21.4. The first kappa shape index (κ1) is 22.6. The summed E-state index contributed by atoms with van der Waals surface area (Å²) in [7, 11) is 1.36. The number of esters is 1. The van der Waals surface area contributed by atoms with Crippen LogP contribution in [0.5, 0.6) is 5.75 Å². The van der Waals surface area contributed by atoms with Crippen LogP contribution in [-0.2, 0) is 14.3 Å². The van der Waals surface area contributed by atoms with Gasteiger partial charge in [0.25, 0.3) is 0 Å². The van der Waals surface area contributed by atoms with Crippen molar-refractivity contribution in [3.63, 3.8) is 0 Å². The van der Waals surface area contributed by atoms with E-state index in [1.165, 1.54) is 25.5 Å². The van der Waals surface area contributed by atoms with Crippen molar-refractivity contribution in [2.45, 2.75) is 31.2 Å². The van der Waals surface area contributed by atoms with Crippen LogP contribution >= 0.6 is 0 Å². The number of nitrogens with zero attached hydrogens (tertiary/aromatic N) is 2. The Balaban J connectivity index is 1.52. The maximum atomic E-state index is 14.4. The quantitative estimate of drug-likeness (QED) is 0.483. The van der Waals surface area contributed by atoms with E-state index in [1.807, 2.05) is 0 Å². The summed E-state index contributed by atoms with van der Waals surface area (Å²) in [5, 5.41) is 3.09. The molecule has 2 aliphatic rings. The van der Waals surface area contributed by atoms with Gasteiger partial charge in [0, 0.05) is 31.4 Å². The number of rotatable bonds is 9. The van der Waals surface area contributed by atoms with Gasteiger partial charge in [0.15, 0.2) is 11.6 Å². The van der Waals surface area contributed by atoms with Crippen LogP contribution in [0.15, 0.2) is 17.1 Å². The number of morpholine rings is 1. The first-order chi connectivity index (χ1) is 14.6. The van der Waals surface area contributed by atoms with Crippen molar-refractivity contribution in [1.29, 1.82) is 0 Å². The highest BCUT2D eigenvalue weighted by molar-refractivity contribution is 5.82. The van der Waals surface area contributed by atoms with Crippen molar-refractivity contribution in [2.24, 2.45) is 4.99 Å².